The molecule has 0 saturated heterocycles. The summed E-state index contributed by atoms with van der Waals surface area (Å²) in [5, 5.41) is 14.0. The molecule has 2 aromatic carbocycles. The van der Waals surface area contributed by atoms with Crippen LogP contribution in [0.5, 0.6) is 5.75 Å². The normalized spacial score (nSPS) is 11.8. The van der Waals surface area contributed by atoms with Gasteiger partial charge in [0.15, 0.2) is 0 Å². The molecule has 0 aliphatic heterocycles. The fourth-order valence-electron chi connectivity index (χ4n) is 2.96. The quantitative estimate of drug-likeness (QED) is 0.603. The van der Waals surface area contributed by atoms with Gasteiger partial charge < -0.3 is 14.8 Å². The van der Waals surface area contributed by atoms with Gasteiger partial charge in [0, 0.05) is 23.4 Å². The Morgan fingerprint density at radius 3 is 2.46 bits per heavy atom. The third-order valence-corrected chi connectivity index (χ3v) is 4.83. The molecular formula is C21H17Cl2NO4. The van der Waals surface area contributed by atoms with Crippen molar-refractivity contribution >= 4 is 34.8 Å². The van der Waals surface area contributed by atoms with Gasteiger partial charge in [0.1, 0.15) is 11.5 Å². The predicted molar refractivity (Wildman–Crippen MR) is 109 cm³/mol. The molecule has 2 N–H and O–H groups in total. The number of carbonyl (C=O) groups is 1. The summed E-state index contributed by atoms with van der Waals surface area (Å²) in [6.45, 7) is 1.56. The zero-order valence-corrected chi connectivity index (χ0v) is 16.4. The molecular weight excluding hydrogens is 401 g/mol. The van der Waals surface area contributed by atoms with Crippen molar-refractivity contribution in [1.29, 1.82) is 0 Å². The largest absolute Gasteiger partial charge is 0.507 e. The van der Waals surface area contributed by atoms with Crippen molar-refractivity contribution in [3.05, 3.63) is 91.9 Å². The standard InChI is InChI=1S/C21H17Cl2NO4/c1-12-10-18(25)20(21(27)28-12)15(13-6-8-14(22)9-7-13)11-19(26)24-17-5-3-2-4-16(17)23/h2-10,15,25H,11H2,1H3,(H,24,26). The van der Waals surface area contributed by atoms with Gasteiger partial charge in [-0.25, -0.2) is 4.79 Å². The van der Waals surface area contributed by atoms with Crippen molar-refractivity contribution < 1.29 is 14.3 Å². The number of carbonyl (C=O) groups excluding carboxylic acids is 1. The zero-order valence-electron chi connectivity index (χ0n) is 14.9. The maximum absolute atomic E-state index is 12.7. The van der Waals surface area contributed by atoms with Crippen LogP contribution in [-0.2, 0) is 4.79 Å². The smallest absolute Gasteiger partial charge is 0.343 e. The van der Waals surface area contributed by atoms with Crippen LogP contribution >= 0.6 is 23.2 Å². The van der Waals surface area contributed by atoms with E-state index in [0.717, 1.165) is 0 Å². The molecule has 1 unspecified atom stereocenters. The molecule has 28 heavy (non-hydrogen) atoms. The third kappa shape index (κ3) is 4.55. The molecule has 1 atom stereocenters. The minimum absolute atomic E-state index is 0.0160. The summed E-state index contributed by atoms with van der Waals surface area (Å²) < 4.78 is 5.14. The third-order valence-electron chi connectivity index (χ3n) is 4.25. The molecule has 3 rings (SSSR count). The highest BCUT2D eigenvalue weighted by atomic mass is 35.5. The van der Waals surface area contributed by atoms with Crippen LogP contribution in [0.25, 0.3) is 0 Å². The van der Waals surface area contributed by atoms with Crippen molar-refractivity contribution in [1.82, 2.24) is 0 Å². The predicted octanol–water partition coefficient (Wildman–Crippen LogP) is 5.12. The van der Waals surface area contributed by atoms with Gasteiger partial charge in [-0.1, -0.05) is 47.5 Å². The number of rotatable bonds is 5. The fourth-order valence-corrected chi connectivity index (χ4v) is 3.27. The molecule has 0 aliphatic rings. The van der Waals surface area contributed by atoms with Gasteiger partial charge in [0.05, 0.1) is 16.3 Å². The number of halogens is 2. The Balaban J connectivity index is 1.98. The van der Waals surface area contributed by atoms with E-state index in [-0.39, 0.29) is 29.4 Å². The summed E-state index contributed by atoms with van der Waals surface area (Å²) in [5.41, 5.74) is 0.430. The minimum atomic E-state index is -0.725. The second-order valence-corrected chi connectivity index (χ2v) is 7.12. The molecule has 5 nitrogen and oxygen atoms in total. The maximum Gasteiger partial charge on any atom is 0.343 e. The first kappa shape index (κ1) is 20.0. The van der Waals surface area contributed by atoms with Crippen LogP contribution in [0.2, 0.25) is 10.0 Å². The van der Waals surface area contributed by atoms with Crippen LogP contribution in [0.3, 0.4) is 0 Å². The zero-order chi connectivity index (χ0) is 20.3. The van der Waals surface area contributed by atoms with Gasteiger partial charge in [0.2, 0.25) is 5.91 Å². The molecule has 1 amide bonds. The van der Waals surface area contributed by atoms with E-state index >= 15 is 0 Å². The number of hydrogen-bond acceptors (Lipinski definition) is 4. The van der Waals surface area contributed by atoms with Crippen molar-refractivity contribution in [2.24, 2.45) is 0 Å². The lowest BCUT2D eigenvalue weighted by Gasteiger charge is -2.18. The first-order valence-electron chi connectivity index (χ1n) is 8.48. The summed E-state index contributed by atoms with van der Waals surface area (Å²) in [5.74, 6) is -1.04. The lowest BCUT2D eigenvalue weighted by Crippen LogP contribution is -2.21. The van der Waals surface area contributed by atoms with Gasteiger partial charge >= 0.3 is 5.63 Å². The van der Waals surface area contributed by atoms with E-state index in [0.29, 0.717) is 21.3 Å². The number of aryl methyl sites for hydroxylation is 1. The summed E-state index contributed by atoms with van der Waals surface area (Å²) in [4.78, 5) is 25.1. The molecule has 0 aliphatic carbocycles. The van der Waals surface area contributed by atoms with Crippen LogP contribution in [-0.4, -0.2) is 11.0 Å². The second-order valence-electron chi connectivity index (χ2n) is 6.28. The molecule has 0 bridgehead atoms. The van der Waals surface area contributed by atoms with Crippen LogP contribution < -0.4 is 10.9 Å². The summed E-state index contributed by atoms with van der Waals surface area (Å²) in [6.07, 6.45) is -0.103. The van der Waals surface area contributed by atoms with E-state index in [9.17, 15) is 14.7 Å². The summed E-state index contributed by atoms with van der Waals surface area (Å²) in [7, 11) is 0. The molecule has 0 fully saturated rings. The monoisotopic (exact) mass is 417 g/mol. The molecule has 1 heterocycles. The van der Waals surface area contributed by atoms with E-state index in [1.807, 2.05) is 0 Å². The van der Waals surface area contributed by atoms with Crippen LogP contribution in [0, 0.1) is 6.92 Å². The fraction of sp³-hybridized carbons (Fsp3) is 0.143. The highest BCUT2D eigenvalue weighted by molar-refractivity contribution is 6.33. The van der Waals surface area contributed by atoms with E-state index < -0.39 is 11.5 Å². The molecule has 0 spiro atoms. The second kappa shape index (κ2) is 8.50. The molecule has 0 radical (unpaired) electrons. The van der Waals surface area contributed by atoms with E-state index in [1.54, 1.807) is 55.5 Å². The van der Waals surface area contributed by atoms with Crippen LogP contribution in [0.1, 0.15) is 29.2 Å². The number of para-hydroxylation sites is 1. The highest BCUT2D eigenvalue weighted by Gasteiger charge is 2.26. The van der Waals surface area contributed by atoms with Crippen molar-refractivity contribution in [3.63, 3.8) is 0 Å². The highest BCUT2D eigenvalue weighted by Crippen LogP contribution is 2.33. The Morgan fingerprint density at radius 2 is 1.82 bits per heavy atom. The Bertz CT molecular complexity index is 1060. The van der Waals surface area contributed by atoms with Gasteiger partial charge in [0.25, 0.3) is 0 Å². The Kier molecular flexibility index (Phi) is 6.07. The number of amides is 1. The summed E-state index contributed by atoms with van der Waals surface area (Å²) in [6, 6.07) is 14.9. The number of aromatic hydroxyl groups is 1. The van der Waals surface area contributed by atoms with Gasteiger partial charge in [-0.3, -0.25) is 4.79 Å². The van der Waals surface area contributed by atoms with E-state index in [1.165, 1.54) is 6.07 Å². The Hall–Kier alpha value is -2.76. The van der Waals surface area contributed by atoms with Crippen molar-refractivity contribution in [2.75, 3.05) is 5.32 Å². The number of benzene rings is 2. The lowest BCUT2D eigenvalue weighted by molar-refractivity contribution is -0.116. The van der Waals surface area contributed by atoms with Gasteiger partial charge in [-0.05, 0) is 36.8 Å². The summed E-state index contributed by atoms with van der Waals surface area (Å²) >= 11 is 12.0. The van der Waals surface area contributed by atoms with Crippen LogP contribution in [0.4, 0.5) is 5.69 Å². The molecule has 144 valence electrons. The Morgan fingerprint density at radius 1 is 1.14 bits per heavy atom. The van der Waals surface area contributed by atoms with E-state index in [2.05, 4.69) is 5.32 Å². The van der Waals surface area contributed by atoms with E-state index in [4.69, 9.17) is 27.6 Å². The molecule has 7 heteroatoms. The Labute approximate surface area is 171 Å². The van der Waals surface area contributed by atoms with Crippen LogP contribution in [0.15, 0.2) is 63.8 Å². The van der Waals surface area contributed by atoms with Gasteiger partial charge in [-0.2, -0.15) is 0 Å². The molecule has 0 saturated carbocycles. The average molecular weight is 418 g/mol. The first-order chi connectivity index (χ1) is 13.3. The SMILES string of the molecule is Cc1cc(O)c(C(CC(=O)Nc2ccccc2Cl)c2ccc(Cl)cc2)c(=O)o1. The molecule has 1 aromatic heterocycles. The first-order valence-corrected chi connectivity index (χ1v) is 9.24. The average Bonchev–Trinajstić information content (AvgIpc) is 2.63. The minimum Gasteiger partial charge on any atom is -0.507 e. The lowest BCUT2D eigenvalue weighted by atomic mass is 9.88. The maximum atomic E-state index is 12.7. The van der Waals surface area contributed by atoms with Gasteiger partial charge in [-0.15, -0.1) is 0 Å². The number of nitrogens with one attached hydrogen (secondary N) is 1. The number of hydrogen-bond donors (Lipinski definition) is 2. The number of anilines is 1. The molecule has 3 aromatic rings. The topological polar surface area (TPSA) is 79.5 Å². The van der Waals surface area contributed by atoms with Crippen molar-refractivity contribution in [2.45, 2.75) is 19.3 Å². The van der Waals surface area contributed by atoms with Crippen molar-refractivity contribution in [3.8, 4) is 5.75 Å².